The molecular weight excluding hydrogens is 374 g/mol. The van der Waals surface area contributed by atoms with Crippen LogP contribution in [0, 0.1) is 13.8 Å². The molecule has 0 unspecified atom stereocenters. The lowest BCUT2D eigenvalue weighted by atomic mass is 10.1. The minimum Gasteiger partial charge on any atom is -0.486 e. The maximum absolute atomic E-state index is 12.6. The topological polar surface area (TPSA) is 103 Å². The Bertz CT molecular complexity index is 875. The van der Waals surface area contributed by atoms with E-state index in [1.165, 1.54) is 6.92 Å². The number of aromatic nitrogens is 2. The number of benzene rings is 1. The van der Waals surface area contributed by atoms with Gasteiger partial charge in [-0.3, -0.25) is 14.3 Å². The van der Waals surface area contributed by atoms with Crippen molar-refractivity contribution in [3.05, 3.63) is 46.8 Å². The molecule has 0 radical (unpaired) electrons. The molecule has 156 valence electrons. The summed E-state index contributed by atoms with van der Waals surface area (Å²) < 4.78 is 13.1. The molecule has 1 aromatic heterocycles. The predicted octanol–water partition coefficient (Wildman–Crippen LogP) is 1.55. The average molecular weight is 401 g/mol. The number of hydrogen-bond acceptors (Lipinski definition) is 6. The number of carbonyl (C=O) groups is 2. The molecule has 1 amide bonds. The molecule has 1 aromatic carbocycles. The van der Waals surface area contributed by atoms with E-state index in [4.69, 9.17) is 14.6 Å². The SMILES string of the molecule is CC(=O)c1c(C)nn(CC(=O)N[C@@H]2CCOC[C@H]2Oc2ccc(CO)cc2)c1C. The monoisotopic (exact) mass is 401 g/mol. The smallest absolute Gasteiger partial charge is 0.242 e. The van der Waals surface area contributed by atoms with Gasteiger partial charge in [-0.05, 0) is 44.9 Å². The summed E-state index contributed by atoms with van der Waals surface area (Å²) >= 11 is 0. The first kappa shape index (κ1) is 21.0. The molecule has 8 heteroatoms. The van der Waals surface area contributed by atoms with Gasteiger partial charge >= 0.3 is 0 Å². The molecule has 0 spiro atoms. The first-order valence-electron chi connectivity index (χ1n) is 9.67. The van der Waals surface area contributed by atoms with Crippen molar-refractivity contribution in [2.75, 3.05) is 13.2 Å². The standard InChI is InChI=1S/C21H27N3O5/c1-13-21(15(3)26)14(2)24(23-13)10-20(27)22-18-8-9-28-12-19(18)29-17-6-4-16(11-25)5-7-17/h4-7,18-19,25H,8-12H2,1-3H3,(H,22,27)/t18-,19-/m1/s1. The summed E-state index contributed by atoms with van der Waals surface area (Å²) in [5.41, 5.74) is 2.68. The Kier molecular flexibility index (Phi) is 6.66. The van der Waals surface area contributed by atoms with Gasteiger partial charge in [0.1, 0.15) is 18.4 Å². The number of ketones is 1. The van der Waals surface area contributed by atoms with Crippen LogP contribution in [0.1, 0.15) is 40.7 Å². The molecule has 1 saturated heterocycles. The zero-order valence-electron chi connectivity index (χ0n) is 17.0. The van der Waals surface area contributed by atoms with Crippen molar-refractivity contribution >= 4 is 11.7 Å². The number of hydrogen-bond donors (Lipinski definition) is 2. The Morgan fingerprint density at radius 3 is 2.66 bits per heavy atom. The maximum atomic E-state index is 12.6. The first-order chi connectivity index (χ1) is 13.9. The van der Waals surface area contributed by atoms with Gasteiger partial charge in [-0.15, -0.1) is 0 Å². The third-order valence-corrected chi connectivity index (χ3v) is 5.07. The highest BCUT2D eigenvalue weighted by Crippen LogP contribution is 2.19. The van der Waals surface area contributed by atoms with E-state index in [2.05, 4.69) is 10.4 Å². The zero-order chi connectivity index (χ0) is 21.0. The Morgan fingerprint density at radius 1 is 1.31 bits per heavy atom. The number of Topliss-reactive ketones (excluding diaryl/α,β-unsaturated/α-hetero) is 1. The first-order valence-corrected chi connectivity index (χ1v) is 9.67. The van der Waals surface area contributed by atoms with Gasteiger partial charge < -0.3 is 19.9 Å². The predicted molar refractivity (Wildman–Crippen MR) is 106 cm³/mol. The van der Waals surface area contributed by atoms with Gasteiger partial charge in [0.2, 0.25) is 5.91 Å². The van der Waals surface area contributed by atoms with Crippen LogP contribution in [0.2, 0.25) is 0 Å². The van der Waals surface area contributed by atoms with E-state index in [9.17, 15) is 9.59 Å². The van der Waals surface area contributed by atoms with Crippen LogP contribution in [-0.4, -0.2) is 51.9 Å². The summed E-state index contributed by atoms with van der Waals surface area (Å²) in [7, 11) is 0. The Hall–Kier alpha value is -2.71. The summed E-state index contributed by atoms with van der Waals surface area (Å²) in [6.45, 7) is 5.99. The van der Waals surface area contributed by atoms with Crippen LogP contribution in [0.25, 0.3) is 0 Å². The number of nitrogens with zero attached hydrogens (tertiary/aromatic N) is 2. The second kappa shape index (κ2) is 9.19. The second-order valence-corrected chi connectivity index (χ2v) is 7.26. The van der Waals surface area contributed by atoms with Gasteiger partial charge in [-0.2, -0.15) is 5.10 Å². The zero-order valence-corrected chi connectivity index (χ0v) is 17.0. The van der Waals surface area contributed by atoms with E-state index >= 15 is 0 Å². The lowest BCUT2D eigenvalue weighted by Gasteiger charge is -2.32. The highest BCUT2D eigenvalue weighted by atomic mass is 16.5. The molecular formula is C21H27N3O5. The number of aryl methyl sites for hydroxylation is 1. The van der Waals surface area contributed by atoms with Crippen LogP contribution in [0.15, 0.2) is 24.3 Å². The number of aliphatic hydroxyl groups excluding tert-OH is 1. The maximum Gasteiger partial charge on any atom is 0.242 e. The summed E-state index contributed by atoms with van der Waals surface area (Å²) in [4.78, 5) is 24.4. The van der Waals surface area contributed by atoms with Crippen LogP contribution < -0.4 is 10.1 Å². The molecule has 0 saturated carbocycles. The molecule has 29 heavy (non-hydrogen) atoms. The summed E-state index contributed by atoms with van der Waals surface area (Å²) in [6.07, 6.45) is 0.321. The van der Waals surface area contributed by atoms with Gasteiger partial charge in [-0.25, -0.2) is 0 Å². The molecule has 2 atom stereocenters. The minimum atomic E-state index is -0.319. The van der Waals surface area contributed by atoms with E-state index in [1.807, 2.05) is 0 Å². The highest BCUT2D eigenvalue weighted by molar-refractivity contribution is 5.96. The number of aliphatic hydroxyl groups is 1. The van der Waals surface area contributed by atoms with Gasteiger partial charge in [0.15, 0.2) is 5.78 Å². The minimum absolute atomic E-state index is 0.0246. The number of ether oxygens (including phenoxy) is 2. The number of rotatable bonds is 7. The molecule has 1 aliphatic rings. The van der Waals surface area contributed by atoms with Gasteiger partial charge in [0.05, 0.1) is 30.5 Å². The van der Waals surface area contributed by atoms with E-state index < -0.39 is 0 Å². The molecule has 2 heterocycles. The van der Waals surface area contributed by atoms with Gasteiger partial charge in [0.25, 0.3) is 0 Å². The summed E-state index contributed by atoms with van der Waals surface area (Å²) in [5.74, 6) is 0.403. The van der Waals surface area contributed by atoms with Crippen molar-refractivity contribution in [2.45, 2.75) is 52.5 Å². The second-order valence-electron chi connectivity index (χ2n) is 7.26. The fourth-order valence-corrected chi connectivity index (χ4v) is 3.59. The molecule has 2 N–H and O–H groups in total. The van der Waals surface area contributed by atoms with Crippen molar-refractivity contribution in [3.63, 3.8) is 0 Å². The Balaban J connectivity index is 1.64. The Morgan fingerprint density at radius 2 is 2.03 bits per heavy atom. The lowest BCUT2D eigenvalue weighted by Crippen LogP contribution is -2.52. The lowest BCUT2D eigenvalue weighted by molar-refractivity contribution is -0.124. The van der Waals surface area contributed by atoms with Crippen molar-refractivity contribution in [1.82, 2.24) is 15.1 Å². The number of carbonyl (C=O) groups excluding carboxylic acids is 2. The number of amides is 1. The van der Waals surface area contributed by atoms with Crippen molar-refractivity contribution < 1.29 is 24.2 Å². The number of nitrogens with one attached hydrogen (secondary N) is 1. The average Bonchev–Trinajstić information content (AvgIpc) is 2.97. The normalized spacial score (nSPS) is 19.0. The molecule has 1 fully saturated rings. The Labute approximate surface area is 169 Å². The molecule has 2 aromatic rings. The van der Waals surface area contributed by atoms with E-state index in [0.717, 1.165) is 5.56 Å². The van der Waals surface area contributed by atoms with Crippen molar-refractivity contribution in [2.24, 2.45) is 0 Å². The largest absolute Gasteiger partial charge is 0.486 e. The van der Waals surface area contributed by atoms with Crippen LogP contribution in [0.4, 0.5) is 0 Å². The molecule has 0 aliphatic carbocycles. The van der Waals surface area contributed by atoms with Crippen molar-refractivity contribution in [3.8, 4) is 5.75 Å². The van der Waals surface area contributed by atoms with E-state index in [-0.39, 0.29) is 37.0 Å². The van der Waals surface area contributed by atoms with Crippen LogP contribution >= 0.6 is 0 Å². The molecule has 8 nitrogen and oxygen atoms in total. The fourth-order valence-electron chi connectivity index (χ4n) is 3.59. The third-order valence-electron chi connectivity index (χ3n) is 5.07. The van der Waals surface area contributed by atoms with E-state index in [0.29, 0.717) is 42.3 Å². The highest BCUT2D eigenvalue weighted by Gasteiger charge is 2.29. The fraction of sp³-hybridized carbons (Fsp3) is 0.476. The third kappa shape index (κ3) is 5.02. The summed E-state index contributed by atoms with van der Waals surface area (Å²) in [5, 5.41) is 16.5. The van der Waals surface area contributed by atoms with Crippen LogP contribution in [-0.2, 0) is 22.7 Å². The van der Waals surface area contributed by atoms with Crippen LogP contribution in [0.3, 0.4) is 0 Å². The quantitative estimate of drug-likeness (QED) is 0.683. The van der Waals surface area contributed by atoms with Crippen LogP contribution in [0.5, 0.6) is 5.75 Å². The molecule has 1 aliphatic heterocycles. The van der Waals surface area contributed by atoms with E-state index in [1.54, 1.807) is 42.8 Å². The summed E-state index contributed by atoms with van der Waals surface area (Å²) in [6, 6.07) is 6.97. The van der Waals surface area contributed by atoms with Crippen molar-refractivity contribution in [1.29, 1.82) is 0 Å². The van der Waals surface area contributed by atoms with Gasteiger partial charge in [0, 0.05) is 12.3 Å². The molecule has 3 rings (SSSR count). The molecule has 0 bridgehead atoms. The van der Waals surface area contributed by atoms with Gasteiger partial charge in [-0.1, -0.05) is 12.1 Å².